The lowest BCUT2D eigenvalue weighted by atomic mass is 9.79. The van der Waals surface area contributed by atoms with Crippen LogP contribution in [0.5, 0.6) is 0 Å². The fourth-order valence-corrected chi connectivity index (χ4v) is 4.10. The van der Waals surface area contributed by atoms with Gasteiger partial charge in [-0.2, -0.15) is 5.10 Å². The zero-order chi connectivity index (χ0) is 20.3. The number of anilines is 2. The summed E-state index contributed by atoms with van der Waals surface area (Å²) in [7, 11) is 0. The van der Waals surface area contributed by atoms with Gasteiger partial charge in [-0.1, -0.05) is 19.9 Å². The molecule has 28 heavy (non-hydrogen) atoms. The highest BCUT2D eigenvalue weighted by Crippen LogP contribution is 2.43. The standard InChI is InChI=1S/C23H29N3O2/c1-5-12-26-21-11-6-17(13-20(21)16(2)14-23(26,3)4)15-24-25-19-9-7-18(8-10-19)22(27)28/h6-11,13,15-16,25H,5,12,14H2,1-4H3,(H,27,28)/b24-15+. The van der Waals surface area contributed by atoms with Crippen molar-refractivity contribution < 1.29 is 9.90 Å². The molecular formula is C23H29N3O2. The molecule has 1 aliphatic heterocycles. The Hall–Kier alpha value is -2.82. The van der Waals surface area contributed by atoms with Crippen molar-refractivity contribution in [3.05, 3.63) is 59.2 Å². The van der Waals surface area contributed by atoms with Crippen molar-refractivity contribution in [1.29, 1.82) is 0 Å². The number of nitrogens with zero attached hydrogens (tertiary/aromatic N) is 2. The third-order valence-corrected chi connectivity index (χ3v) is 5.40. The number of carboxylic acids is 1. The van der Waals surface area contributed by atoms with Crippen LogP contribution in [0.15, 0.2) is 47.6 Å². The zero-order valence-electron chi connectivity index (χ0n) is 17.1. The molecule has 0 saturated heterocycles. The summed E-state index contributed by atoms with van der Waals surface area (Å²) in [5, 5.41) is 13.3. The molecule has 0 bridgehead atoms. The second-order valence-electron chi connectivity index (χ2n) is 8.14. The van der Waals surface area contributed by atoms with E-state index in [-0.39, 0.29) is 11.1 Å². The lowest BCUT2D eigenvalue weighted by Crippen LogP contribution is -2.48. The molecule has 0 amide bonds. The molecule has 148 valence electrons. The number of carboxylic acid groups (broad SMARTS) is 1. The smallest absolute Gasteiger partial charge is 0.335 e. The fraction of sp³-hybridized carbons (Fsp3) is 0.391. The first-order valence-corrected chi connectivity index (χ1v) is 9.86. The van der Waals surface area contributed by atoms with Crippen molar-refractivity contribution in [2.45, 2.75) is 52.0 Å². The topological polar surface area (TPSA) is 64.9 Å². The molecule has 3 rings (SSSR count). The molecule has 0 radical (unpaired) electrons. The van der Waals surface area contributed by atoms with E-state index in [4.69, 9.17) is 5.11 Å². The normalized spacial score (nSPS) is 18.1. The maximum Gasteiger partial charge on any atom is 0.335 e. The van der Waals surface area contributed by atoms with Crippen LogP contribution in [-0.2, 0) is 0 Å². The van der Waals surface area contributed by atoms with Crippen LogP contribution in [0.3, 0.4) is 0 Å². The molecule has 1 unspecified atom stereocenters. The minimum absolute atomic E-state index is 0.168. The average molecular weight is 380 g/mol. The summed E-state index contributed by atoms with van der Waals surface area (Å²) in [6, 6.07) is 13.1. The van der Waals surface area contributed by atoms with E-state index in [1.165, 1.54) is 11.3 Å². The van der Waals surface area contributed by atoms with Gasteiger partial charge in [-0.3, -0.25) is 5.43 Å². The molecule has 5 heteroatoms. The molecule has 2 N–H and O–H groups in total. The SMILES string of the molecule is CCCN1c2ccc(/C=N/Nc3ccc(C(=O)O)cc3)cc2C(C)CC1(C)C. The number of rotatable bonds is 6. The molecule has 2 aromatic rings. The second-order valence-corrected chi connectivity index (χ2v) is 8.14. The highest BCUT2D eigenvalue weighted by molar-refractivity contribution is 5.88. The Labute approximate surface area is 167 Å². The predicted molar refractivity (Wildman–Crippen MR) is 116 cm³/mol. The van der Waals surface area contributed by atoms with Gasteiger partial charge in [0.1, 0.15) is 0 Å². The van der Waals surface area contributed by atoms with Crippen LogP contribution in [0, 0.1) is 0 Å². The van der Waals surface area contributed by atoms with Crippen molar-refractivity contribution in [2.24, 2.45) is 5.10 Å². The van der Waals surface area contributed by atoms with E-state index in [9.17, 15) is 4.79 Å². The summed E-state index contributed by atoms with van der Waals surface area (Å²) in [5.74, 6) is -0.429. The number of hydrogen-bond donors (Lipinski definition) is 2. The summed E-state index contributed by atoms with van der Waals surface area (Å²) < 4.78 is 0. The Morgan fingerprint density at radius 1 is 1.29 bits per heavy atom. The van der Waals surface area contributed by atoms with Crippen molar-refractivity contribution in [2.75, 3.05) is 16.9 Å². The maximum atomic E-state index is 10.9. The van der Waals surface area contributed by atoms with E-state index >= 15 is 0 Å². The van der Waals surface area contributed by atoms with E-state index in [0.717, 1.165) is 30.6 Å². The molecule has 2 aromatic carbocycles. The Bertz CT molecular complexity index is 872. The van der Waals surface area contributed by atoms with Crippen LogP contribution in [0.2, 0.25) is 0 Å². The molecule has 1 atom stereocenters. The van der Waals surface area contributed by atoms with E-state index in [1.54, 1.807) is 24.3 Å². The molecule has 5 nitrogen and oxygen atoms in total. The van der Waals surface area contributed by atoms with Gasteiger partial charge in [-0.25, -0.2) is 4.79 Å². The molecule has 0 fully saturated rings. The van der Waals surface area contributed by atoms with E-state index in [1.807, 2.05) is 6.21 Å². The van der Waals surface area contributed by atoms with Gasteiger partial charge in [-0.05, 0) is 80.1 Å². The van der Waals surface area contributed by atoms with Gasteiger partial charge < -0.3 is 10.0 Å². The molecule has 0 spiro atoms. The molecule has 1 aliphatic rings. The predicted octanol–water partition coefficient (Wildman–Crippen LogP) is 5.33. The van der Waals surface area contributed by atoms with Gasteiger partial charge in [0.15, 0.2) is 0 Å². The number of aromatic carboxylic acids is 1. The molecule has 0 aliphatic carbocycles. The highest BCUT2D eigenvalue weighted by Gasteiger charge is 2.35. The summed E-state index contributed by atoms with van der Waals surface area (Å²) in [5.41, 5.74) is 7.91. The van der Waals surface area contributed by atoms with E-state index < -0.39 is 5.97 Å². The van der Waals surface area contributed by atoms with Crippen LogP contribution < -0.4 is 10.3 Å². The van der Waals surface area contributed by atoms with Crippen LogP contribution in [0.1, 0.15) is 67.9 Å². The third kappa shape index (κ3) is 4.19. The first kappa shape index (κ1) is 19.9. The van der Waals surface area contributed by atoms with E-state index in [0.29, 0.717) is 5.92 Å². The maximum absolute atomic E-state index is 10.9. The van der Waals surface area contributed by atoms with Gasteiger partial charge in [0.05, 0.1) is 17.5 Å². The van der Waals surface area contributed by atoms with Gasteiger partial charge in [0.2, 0.25) is 0 Å². The van der Waals surface area contributed by atoms with Crippen LogP contribution in [0.25, 0.3) is 0 Å². The number of hydrogen-bond acceptors (Lipinski definition) is 4. The molecule has 0 aromatic heterocycles. The summed E-state index contributed by atoms with van der Waals surface area (Å²) in [6.07, 6.45) is 4.07. The number of hydrazone groups is 1. The monoisotopic (exact) mass is 379 g/mol. The Morgan fingerprint density at radius 3 is 2.64 bits per heavy atom. The minimum atomic E-state index is -0.932. The van der Waals surface area contributed by atoms with Crippen molar-refractivity contribution in [3.63, 3.8) is 0 Å². The Balaban J connectivity index is 1.76. The first-order chi connectivity index (χ1) is 13.3. The van der Waals surface area contributed by atoms with Crippen molar-refractivity contribution in [3.8, 4) is 0 Å². The minimum Gasteiger partial charge on any atom is -0.478 e. The second kappa shape index (κ2) is 8.05. The molecular weight excluding hydrogens is 350 g/mol. The average Bonchev–Trinajstić information content (AvgIpc) is 2.65. The fourth-order valence-electron chi connectivity index (χ4n) is 4.10. The van der Waals surface area contributed by atoms with Gasteiger partial charge in [0.25, 0.3) is 0 Å². The van der Waals surface area contributed by atoms with Gasteiger partial charge >= 0.3 is 5.97 Å². The van der Waals surface area contributed by atoms with Crippen LogP contribution >= 0.6 is 0 Å². The number of fused-ring (bicyclic) bond motifs is 1. The van der Waals surface area contributed by atoms with Crippen molar-refractivity contribution in [1.82, 2.24) is 0 Å². The lowest BCUT2D eigenvalue weighted by Gasteiger charge is -2.47. The third-order valence-electron chi connectivity index (χ3n) is 5.40. The number of carbonyl (C=O) groups is 1. The van der Waals surface area contributed by atoms with Crippen LogP contribution in [-0.4, -0.2) is 29.4 Å². The molecule has 0 saturated carbocycles. The Morgan fingerprint density at radius 2 is 2.00 bits per heavy atom. The van der Waals surface area contributed by atoms with Gasteiger partial charge in [-0.15, -0.1) is 0 Å². The highest BCUT2D eigenvalue weighted by atomic mass is 16.4. The summed E-state index contributed by atoms with van der Waals surface area (Å²) in [6.45, 7) is 10.2. The lowest BCUT2D eigenvalue weighted by molar-refractivity contribution is 0.0697. The van der Waals surface area contributed by atoms with E-state index in [2.05, 4.69) is 61.3 Å². The molecule has 1 heterocycles. The Kier molecular flexibility index (Phi) is 5.73. The van der Waals surface area contributed by atoms with Crippen molar-refractivity contribution >= 4 is 23.6 Å². The quantitative estimate of drug-likeness (QED) is 0.526. The summed E-state index contributed by atoms with van der Waals surface area (Å²) in [4.78, 5) is 13.4. The summed E-state index contributed by atoms with van der Waals surface area (Å²) >= 11 is 0. The first-order valence-electron chi connectivity index (χ1n) is 9.86. The number of nitrogens with one attached hydrogen (secondary N) is 1. The number of benzene rings is 2. The van der Waals surface area contributed by atoms with Crippen LogP contribution in [0.4, 0.5) is 11.4 Å². The zero-order valence-corrected chi connectivity index (χ0v) is 17.1. The van der Waals surface area contributed by atoms with Gasteiger partial charge in [0, 0.05) is 17.8 Å². The largest absolute Gasteiger partial charge is 0.478 e.